The van der Waals surface area contributed by atoms with Gasteiger partial charge in [0.15, 0.2) is 11.6 Å². The van der Waals surface area contributed by atoms with Crippen molar-refractivity contribution in [2.75, 3.05) is 44.0 Å². The zero-order valence-corrected chi connectivity index (χ0v) is 19.5. The van der Waals surface area contributed by atoms with Crippen molar-refractivity contribution in [3.05, 3.63) is 65.7 Å². The smallest absolute Gasteiger partial charge is 0.322 e. The minimum atomic E-state index is -0.735. The summed E-state index contributed by atoms with van der Waals surface area (Å²) in [5, 5.41) is 0. The number of nitrogens with zero attached hydrogens (tertiary/aromatic N) is 4. The first kappa shape index (κ1) is 24.2. The van der Waals surface area contributed by atoms with Crippen LogP contribution in [0.4, 0.5) is 11.5 Å². The van der Waals surface area contributed by atoms with Crippen molar-refractivity contribution in [3.63, 3.8) is 0 Å². The third-order valence-corrected chi connectivity index (χ3v) is 5.85. The fourth-order valence-corrected chi connectivity index (χ4v) is 3.97. The highest BCUT2D eigenvalue weighted by atomic mass is 16.5. The maximum atomic E-state index is 13.2. The Morgan fingerprint density at radius 1 is 1.14 bits per heavy atom. The van der Waals surface area contributed by atoms with Crippen LogP contribution in [-0.4, -0.2) is 66.2 Å². The maximum absolute atomic E-state index is 13.2. The molecule has 0 unspecified atom stereocenters. The predicted octanol–water partition coefficient (Wildman–Crippen LogP) is 1.43. The molecular formula is C25H28N6O4. The Kier molecular flexibility index (Phi) is 7.64. The van der Waals surface area contributed by atoms with Crippen LogP contribution in [0.15, 0.2) is 48.9 Å². The van der Waals surface area contributed by atoms with E-state index >= 15 is 0 Å². The predicted molar refractivity (Wildman–Crippen MR) is 131 cm³/mol. The summed E-state index contributed by atoms with van der Waals surface area (Å²) in [6.07, 6.45) is 5.40. The molecular weight excluding hydrogens is 448 g/mol. The second-order valence-electron chi connectivity index (χ2n) is 8.22. The molecule has 0 spiro atoms. The van der Waals surface area contributed by atoms with E-state index in [0.717, 1.165) is 35.5 Å². The number of hydrogen-bond donors (Lipinski definition) is 2. The number of ketones is 1. The van der Waals surface area contributed by atoms with Crippen molar-refractivity contribution in [2.24, 2.45) is 5.73 Å². The third-order valence-electron chi connectivity index (χ3n) is 5.85. The molecule has 1 saturated heterocycles. The lowest BCUT2D eigenvalue weighted by atomic mass is 10.0. The SMILES string of the molecule is COC(=O)[C@@H](N)Cc1ccc(-c2cnc(N)c(C(=O)Cc3cnccc3N3CCOCC3)n2)cc1. The Labute approximate surface area is 203 Å². The van der Waals surface area contributed by atoms with E-state index in [-0.39, 0.29) is 23.7 Å². The summed E-state index contributed by atoms with van der Waals surface area (Å²) in [4.78, 5) is 39.9. The zero-order chi connectivity index (χ0) is 24.8. The fourth-order valence-electron chi connectivity index (χ4n) is 3.97. The Bertz CT molecular complexity index is 1190. The number of carbonyl (C=O) groups excluding carboxylic acids is 2. The molecule has 182 valence electrons. The molecule has 1 fully saturated rings. The van der Waals surface area contributed by atoms with Gasteiger partial charge in [-0.3, -0.25) is 14.6 Å². The Morgan fingerprint density at radius 3 is 2.60 bits per heavy atom. The van der Waals surface area contributed by atoms with Crippen LogP contribution < -0.4 is 16.4 Å². The highest BCUT2D eigenvalue weighted by Gasteiger charge is 2.20. The number of carbonyl (C=O) groups is 2. The summed E-state index contributed by atoms with van der Waals surface area (Å²) in [6.45, 7) is 2.79. The molecule has 3 heterocycles. The number of Topliss-reactive ketones (excluding diaryl/α,β-unsaturated/α-hetero) is 1. The molecule has 4 N–H and O–H groups in total. The summed E-state index contributed by atoms with van der Waals surface area (Å²) in [5.41, 5.74) is 15.9. The first-order valence-electron chi connectivity index (χ1n) is 11.3. The second-order valence-corrected chi connectivity index (χ2v) is 8.22. The number of morpholine rings is 1. The van der Waals surface area contributed by atoms with E-state index in [1.807, 2.05) is 30.3 Å². The number of nitrogen functional groups attached to an aromatic ring is 1. The number of anilines is 2. The average molecular weight is 477 g/mol. The van der Waals surface area contributed by atoms with Gasteiger partial charge in [-0.25, -0.2) is 9.97 Å². The molecule has 1 atom stereocenters. The molecule has 0 aliphatic carbocycles. The number of methoxy groups -OCH3 is 1. The molecule has 2 aromatic heterocycles. The van der Waals surface area contributed by atoms with E-state index in [1.165, 1.54) is 13.3 Å². The number of esters is 1. The van der Waals surface area contributed by atoms with Crippen molar-refractivity contribution in [2.45, 2.75) is 18.9 Å². The van der Waals surface area contributed by atoms with Gasteiger partial charge < -0.3 is 25.8 Å². The van der Waals surface area contributed by atoms with Crippen LogP contribution in [0, 0.1) is 0 Å². The van der Waals surface area contributed by atoms with Gasteiger partial charge in [-0.2, -0.15) is 0 Å². The number of benzene rings is 1. The van der Waals surface area contributed by atoms with E-state index < -0.39 is 12.0 Å². The average Bonchev–Trinajstić information content (AvgIpc) is 2.89. The summed E-state index contributed by atoms with van der Waals surface area (Å²) >= 11 is 0. The van der Waals surface area contributed by atoms with Gasteiger partial charge in [0.1, 0.15) is 11.7 Å². The first-order chi connectivity index (χ1) is 17.0. The van der Waals surface area contributed by atoms with Gasteiger partial charge in [-0.05, 0) is 18.1 Å². The molecule has 0 radical (unpaired) electrons. The maximum Gasteiger partial charge on any atom is 0.322 e. The summed E-state index contributed by atoms with van der Waals surface area (Å²) in [5.74, 6) is -0.622. The Hall–Kier alpha value is -3.89. The lowest BCUT2D eigenvalue weighted by Crippen LogP contribution is -2.37. The second kappa shape index (κ2) is 11.0. The van der Waals surface area contributed by atoms with Crippen LogP contribution in [-0.2, 0) is 27.1 Å². The lowest BCUT2D eigenvalue weighted by molar-refractivity contribution is -0.142. The number of aromatic nitrogens is 3. The van der Waals surface area contributed by atoms with E-state index in [0.29, 0.717) is 25.3 Å². The van der Waals surface area contributed by atoms with E-state index in [9.17, 15) is 9.59 Å². The Morgan fingerprint density at radius 2 is 1.89 bits per heavy atom. The van der Waals surface area contributed by atoms with Crippen LogP contribution >= 0.6 is 0 Å². The monoisotopic (exact) mass is 476 g/mol. The van der Waals surface area contributed by atoms with Gasteiger partial charge >= 0.3 is 5.97 Å². The van der Waals surface area contributed by atoms with Gasteiger partial charge in [0.25, 0.3) is 0 Å². The fraction of sp³-hybridized carbons (Fsp3) is 0.320. The lowest BCUT2D eigenvalue weighted by Gasteiger charge is -2.30. The van der Waals surface area contributed by atoms with Crippen molar-refractivity contribution >= 4 is 23.3 Å². The number of nitrogens with two attached hydrogens (primary N) is 2. The molecule has 0 amide bonds. The van der Waals surface area contributed by atoms with Crippen molar-refractivity contribution < 1.29 is 19.1 Å². The normalized spacial score (nSPS) is 14.4. The molecule has 0 bridgehead atoms. The Balaban J connectivity index is 1.52. The van der Waals surface area contributed by atoms with Gasteiger partial charge in [-0.15, -0.1) is 0 Å². The topological polar surface area (TPSA) is 147 Å². The van der Waals surface area contributed by atoms with E-state index in [4.69, 9.17) is 16.2 Å². The molecule has 4 rings (SSSR count). The summed E-state index contributed by atoms with van der Waals surface area (Å²) in [6, 6.07) is 8.55. The first-order valence-corrected chi connectivity index (χ1v) is 11.3. The quantitative estimate of drug-likeness (QED) is 0.361. The zero-order valence-electron chi connectivity index (χ0n) is 19.5. The van der Waals surface area contributed by atoms with Crippen LogP contribution in [0.25, 0.3) is 11.3 Å². The number of ether oxygens (including phenoxy) is 2. The highest BCUT2D eigenvalue weighted by molar-refractivity contribution is 6.00. The minimum absolute atomic E-state index is 0.0798. The van der Waals surface area contributed by atoms with Gasteiger partial charge in [0.2, 0.25) is 0 Å². The van der Waals surface area contributed by atoms with Crippen LogP contribution in [0.1, 0.15) is 21.6 Å². The summed E-state index contributed by atoms with van der Waals surface area (Å²) < 4.78 is 10.1. The molecule has 0 saturated carbocycles. The molecule has 3 aromatic rings. The summed E-state index contributed by atoms with van der Waals surface area (Å²) in [7, 11) is 1.31. The van der Waals surface area contributed by atoms with Gasteiger partial charge in [-0.1, -0.05) is 24.3 Å². The van der Waals surface area contributed by atoms with E-state index in [2.05, 4.69) is 24.6 Å². The van der Waals surface area contributed by atoms with Crippen molar-refractivity contribution in [1.82, 2.24) is 15.0 Å². The van der Waals surface area contributed by atoms with E-state index in [1.54, 1.807) is 12.4 Å². The molecule has 35 heavy (non-hydrogen) atoms. The molecule has 1 aliphatic heterocycles. The number of rotatable bonds is 8. The molecule has 10 nitrogen and oxygen atoms in total. The highest BCUT2D eigenvalue weighted by Crippen LogP contribution is 2.24. The minimum Gasteiger partial charge on any atom is -0.468 e. The van der Waals surface area contributed by atoms with Gasteiger partial charge in [0.05, 0.1) is 32.2 Å². The standard InChI is InChI=1S/C25H28N6O4/c1-34-25(33)19(26)12-16-2-4-17(5-3-16)20-15-29-24(27)23(30-20)22(32)13-18-14-28-7-6-21(18)31-8-10-35-11-9-31/h2-7,14-15,19H,8-13,26H2,1H3,(H2,27,29)/t19-/m0/s1. The number of pyridine rings is 1. The third kappa shape index (κ3) is 5.79. The van der Waals surface area contributed by atoms with Crippen LogP contribution in [0.2, 0.25) is 0 Å². The van der Waals surface area contributed by atoms with Crippen molar-refractivity contribution in [3.8, 4) is 11.3 Å². The van der Waals surface area contributed by atoms with Crippen LogP contribution in [0.3, 0.4) is 0 Å². The largest absolute Gasteiger partial charge is 0.468 e. The molecule has 1 aliphatic rings. The molecule has 10 heteroatoms. The number of hydrogen-bond acceptors (Lipinski definition) is 10. The van der Waals surface area contributed by atoms with Crippen LogP contribution in [0.5, 0.6) is 0 Å². The molecule has 1 aromatic carbocycles. The van der Waals surface area contributed by atoms with Crippen molar-refractivity contribution in [1.29, 1.82) is 0 Å². The van der Waals surface area contributed by atoms with Gasteiger partial charge in [0, 0.05) is 48.7 Å².